The van der Waals surface area contributed by atoms with Gasteiger partial charge in [-0.2, -0.15) is 0 Å². The van der Waals surface area contributed by atoms with E-state index >= 15 is 0 Å². The van der Waals surface area contributed by atoms with Gasteiger partial charge in [-0.25, -0.2) is 0 Å². The first kappa shape index (κ1) is 11.6. The molecule has 1 aromatic carbocycles. The number of para-hydroxylation sites is 1. The number of hydrogen-bond acceptors (Lipinski definition) is 2. The average Bonchev–Trinajstić information content (AvgIpc) is 3.23. The van der Waals surface area contributed by atoms with Gasteiger partial charge >= 0.3 is 0 Å². The molecular formula is C15H19NO2. The maximum atomic E-state index is 12.5. The fourth-order valence-corrected chi connectivity index (χ4v) is 2.29. The number of carbonyl (C=O) groups excluding carboxylic acids is 1. The number of phenols is 1. The van der Waals surface area contributed by atoms with Crippen molar-refractivity contribution in [1.29, 1.82) is 0 Å². The zero-order valence-corrected chi connectivity index (χ0v) is 10.5. The van der Waals surface area contributed by atoms with Gasteiger partial charge in [0.1, 0.15) is 5.75 Å². The molecule has 0 unspecified atom stereocenters. The molecular weight excluding hydrogens is 226 g/mol. The minimum Gasteiger partial charge on any atom is -0.507 e. The number of amides is 1. The summed E-state index contributed by atoms with van der Waals surface area (Å²) in [5.74, 6) is 1.48. The summed E-state index contributed by atoms with van der Waals surface area (Å²) in [5.41, 5.74) is 0.443. The van der Waals surface area contributed by atoms with Crippen molar-refractivity contribution in [2.75, 3.05) is 13.1 Å². The Hall–Kier alpha value is -1.51. The van der Waals surface area contributed by atoms with Crippen LogP contribution >= 0.6 is 0 Å². The average molecular weight is 245 g/mol. The Morgan fingerprint density at radius 3 is 2.17 bits per heavy atom. The molecule has 0 bridgehead atoms. The molecule has 2 saturated carbocycles. The predicted molar refractivity (Wildman–Crippen MR) is 69.5 cm³/mol. The van der Waals surface area contributed by atoms with Gasteiger partial charge in [0.2, 0.25) is 0 Å². The molecule has 3 rings (SSSR count). The normalized spacial score (nSPS) is 18.7. The smallest absolute Gasteiger partial charge is 0.257 e. The largest absolute Gasteiger partial charge is 0.507 e. The Bertz CT molecular complexity index is 436. The van der Waals surface area contributed by atoms with Crippen molar-refractivity contribution < 1.29 is 9.90 Å². The van der Waals surface area contributed by atoms with E-state index in [4.69, 9.17) is 0 Å². The molecule has 0 aromatic heterocycles. The van der Waals surface area contributed by atoms with Gasteiger partial charge in [0, 0.05) is 13.1 Å². The Kier molecular flexibility index (Phi) is 2.98. The number of carbonyl (C=O) groups is 1. The highest BCUT2D eigenvalue weighted by atomic mass is 16.3. The summed E-state index contributed by atoms with van der Waals surface area (Å²) in [4.78, 5) is 14.4. The minimum absolute atomic E-state index is 0.00750. The molecule has 3 nitrogen and oxygen atoms in total. The fraction of sp³-hybridized carbons (Fsp3) is 0.533. The van der Waals surface area contributed by atoms with E-state index in [0.29, 0.717) is 17.4 Å². The zero-order chi connectivity index (χ0) is 12.5. The highest BCUT2D eigenvalue weighted by Crippen LogP contribution is 2.34. The van der Waals surface area contributed by atoms with E-state index in [-0.39, 0.29) is 11.7 Å². The van der Waals surface area contributed by atoms with Crippen molar-refractivity contribution in [2.24, 2.45) is 11.8 Å². The van der Waals surface area contributed by atoms with Crippen LogP contribution in [-0.2, 0) is 0 Å². The summed E-state index contributed by atoms with van der Waals surface area (Å²) in [6.07, 6.45) is 4.98. The number of hydrogen-bond donors (Lipinski definition) is 1. The summed E-state index contributed by atoms with van der Waals surface area (Å²) in [6, 6.07) is 6.85. The molecule has 96 valence electrons. The molecule has 1 N–H and O–H groups in total. The number of nitrogens with zero attached hydrogens (tertiary/aromatic N) is 1. The van der Waals surface area contributed by atoms with Crippen LogP contribution in [0.2, 0.25) is 0 Å². The third-order valence-corrected chi connectivity index (χ3v) is 3.77. The molecule has 2 fully saturated rings. The van der Waals surface area contributed by atoms with Crippen molar-refractivity contribution >= 4 is 5.91 Å². The zero-order valence-electron chi connectivity index (χ0n) is 10.5. The van der Waals surface area contributed by atoms with Gasteiger partial charge in [-0.1, -0.05) is 12.1 Å². The van der Waals surface area contributed by atoms with Gasteiger partial charge in [-0.3, -0.25) is 4.79 Å². The van der Waals surface area contributed by atoms with E-state index < -0.39 is 0 Å². The Morgan fingerprint density at radius 1 is 1.11 bits per heavy atom. The van der Waals surface area contributed by atoms with Crippen LogP contribution in [0.5, 0.6) is 5.75 Å². The van der Waals surface area contributed by atoms with Crippen molar-refractivity contribution in [3.05, 3.63) is 29.8 Å². The molecule has 18 heavy (non-hydrogen) atoms. The van der Waals surface area contributed by atoms with E-state index in [9.17, 15) is 9.90 Å². The van der Waals surface area contributed by atoms with Gasteiger partial charge in [0.15, 0.2) is 0 Å². The Balaban J connectivity index is 1.75. The highest BCUT2D eigenvalue weighted by Gasteiger charge is 2.32. The first-order valence-electron chi connectivity index (χ1n) is 6.81. The summed E-state index contributed by atoms with van der Waals surface area (Å²) < 4.78 is 0. The van der Waals surface area contributed by atoms with Gasteiger partial charge in [-0.05, 0) is 49.7 Å². The van der Waals surface area contributed by atoms with Crippen LogP contribution in [0.25, 0.3) is 0 Å². The van der Waals surface area contributed by atoms with Gasteiger partial charge in [-0.15, -0.1) is 0 Å². The molecule has 0 heterocycles. The lowest BCUT2D eigenvalue weighted by Gasteiger charge is -2.23. The summed E-state index contributed by atoms with van der Waals surface area (Å²) in [5, 5.41) is 9.78. The molecule has 1 aromatic rings. The molecule has 0 atom stereocenters. The third kappa shape index (κ3) is 2.66. The molecule has 2 aliphatic rings. The summed E-state index contributed by atoms with van der Waals surface area (Å²) in [6.45, 7) is 1.73. The van der Waals surface area contributed by atoms with E-state index in [0.717, 1.165) is 13.1 Å². The van der Waals surface area contributed by atoms with E-state index in [1.165, 1.54) is 25.7 Å². The number of aromatic hydroxyl groups is 1. The molecule has 0 radical (unpaired) electrons. The maximum Gasteiger partial charge on any atom is 0.257 e. The van der Waals surface area contributed by atoms with Gasteiger partial charge in [0.05, 0.1) is 5.56 Å². The van der Waals surface area contributed by atoms with Crippen LogP contribution in [0.1, 0.15) is 36.0 Å². The first-order valence-corrected chi connectivity index (χ1v) is 6.81. The van der Waals surface area contributed by atoms with E-state index in [1.54, 1.807) is 24.3 Å². The van der Waals surface area contributed by atoms with Crippen LogP contribution < -0.4 is 0 Å². The first-order chi connectivity index (χ1) is 8.74. The number of benzene rings is 1. The van der Waals surface area contributed by atoms with Crippen LogP contribution in [0, 0.1) is 11.8 Å². The van der Waals surface area contributed by atoms with E-state index in [2.05, 4.69) is 0 Å². The lowest BCUT2D eigenvalue weighted by molar-refractivity contribution is 0.0736. The van der Waals surface area contributed by atoms with Crippen LogP contribution in [0.4, 0.5) is 0 Å². The van der Waals surface area contributed by atoms with Crippen molar-refractivity contribution in [3.8, 4) is 5.75 Å². The van der Waals surface area contributed by atoms with Crippen molar-refractivity contribution in [1.82, 2.24) is 4.90 Å². The van der Waals surface area contributed by atoms with Crippen molar-refractivity contribution in [3.63, 3.8) is 0 Å². The minimum atomic E-state index is -0.00750. The summed E-state index contributed by atoms with van der Waals surface area (Å²) in [7, 11) is 0. The fourth-order valence-electron chi connectivity index (χ4n) is 2.29. The topological polar surface area (TPSA) is 40.5 Å². The molecule has 2 aliphatic carbocycles. The second-order valence-corrected chi connectivity index (χ2v) is 5.61. The SMILES string of the molecule is O=C(c1ccccc1O)N(CC1CC1)CC1CC1. The monoisotopic (exact) mass is 245 g/mol. The molecule has 1 amide bonds. The second kappa shape index (κ2) is 4.63. The molecule has 0 aliphatic heterocycles. The van der Waals surface area contributed by atoms with Crippen molar-refractivity contribution in [2.45, 2.75) is 25.7 Å². The third-order valence-electron chi connectivity index (χ3n) is 3.77. The summed E-state index contributed by atoms with van der Waals surface area (Å²) >= 11 is 0. The standard InChI is InChI=1S/C15H19NO2/c17-14-4-2-1-3-13(14)15(18)16(9-11-5-6-11)10-12-7-8-12/h1-4,11-12,17H,5-10H2. The Morgan fingerprint density at radius 2 is 1.67 bits per heavy atom. The van der Waals surface area contributed by atoms with Gasteiger partial charge < -0.3 is 10.0 Å². The Labute approximate surface area is 107 Å². The molecule has 0 spiro atoms. The highest BCUT2D eigenvalue weighted by molar-refractivity contribution is 5.96. The van der Waals surface area contributed by atoms with Crippen LogP contribution in [0.15, 0.2) is 24.3 Å². The lowest BCUT2D eigenvalue weighted by Crippen LogP contribution is -2.34. The number of phenolic OH excluding ortho intramolecular Hbond substituents is 1. The lowest BCUT2D eigenvalue weighted by atomic mass is 10.1. The quantitative estimate of drug-likeness (QED) is 0.866. The van der Waals surface area contributed by atoms with Crippen LogP contribution in [-0.4, -0.2) is 29.0 Å². The van der Waals surface area contributed by atoms with Crippen LogP contribution in [0.3, 0.4) is 0 Å². The molecule has 3 heteroatoms. The predicted octanol–water partition coefficient (Wildman–Crippen LogP) is 2.65. The molecule has 0 saturated heterocycles. The van der Waals surface area contributed by atoms with Gasteiger partial charge in [0.25, 0.3) is 5.91 Å². The maximum absolute atomic E-state index is 12.5. The second-order valence-electron chi connectivity index (χ2n) is 5.61. The number of rotatable bonds is 5. The van der Waals surface area contributed by atoms with E-state index in [1.807, 2.05) is 4.90 Å².